The van der Waals surface area contributed by atoms with Crippen LogP contribution in [0.1, 0.15) is 11.1 Å². The highest BCUT2D eigenvalue weighted by Crippen LogP contribution is 2.35. The summed E-state index contributed by atoms with van der Waals surface area (Å²) >= 11 is 0. The lowest BCUT2D eigenvalue weighted by Crippen LogP contribution is -2.36. The lowest BCUT2D eigenvalue weighted by Gasteiger charge is -2.22. The molecule has 0 radical (unpaired) electrons. The van der Waals surface area contributed by atoms with Crippen LogP contribution < -0.4 is 20.1 Å². The molecule has 1 aromatic heterocycles. The second kappa shape index (κ2) is 7.92. The van der Waals surface area contributed by atoms with Crippen LogP contribution in [-0.4, -0.2) is 6.03 Å². The molecular weight excluding hydrogens is 380 g/mol. The Morgan fingerprint density at radius 1 is 0.700 bits per heavy atom. The number of fused-ring (bicyclic) bond motifs is 3. The molecule has 1 aliphatic rings. The fraction of sp³-hybridized carbons (Fsp3) is 0. The standard InChI is InChI=1S/C15H12N2O.C8H6N2O2/c16-15(18)17-13-7-3-1-5-11(13)9-10-12-6-2-4-8-14(12)17;11-9-5-6-10(12)8-4-2-1-3-7(8)9/h1-10H,(H2,16,18);1-6H. The van der Waals surface area contributed by atoms with E-state index in [1.54, 1.807) is 29.2 Å². The number of primary amides is 1. The summed E-state index contributed by atoms with van der Waals surface area (Å²) in [5.74, 6) is 0. The van der Waals surface area contributed by atoms with E-state index in [-0.39, 0.29) is 0 Å². The highest BCUT2D eigenvalue weighted by atomic mass is 16.5. The van der Waals surface area contributed by atoms with Crippen molar-refractivity contribution in [3.8, 4) is 0 Å². The molecule has 1 aliphatic heterocycles. The number of amides is 2. The van der Waals surface area contributed by atoms with Crippen LogP contribution in [0.25, 0.3) is 23.2 Å². The van der Waals surface area contributed by atoms with E-state index in [0.717, 1.165) is 22.5 Å². The first-order chi connectivity index (χ1) is 14.6. The van der Waals surface area contributed by atoms with Crippen LogP contribution in [-0.2, 0) is 0 Å². The van der Waals surface area contributed by atoms with Gasteiger partial charge in [0.2, 0.25) is 12.4 Å². The van der Waals surface area contributed by atoms with Crippen LogP contribution in [0.5, 0.6) is 0 Å². The number of carbonyl (C=O) groups excluding carboxylic acids is 1. The normalized spacial score (nSPS) is 11.7. The van der Waals surface area contributed by atoms with Crippen molar-refractivity contribution in [2.24, 2.45) is 5.73 Å². The van der Waals surface area contributed by atoms with Gasteiger partial charge in [-0.05, 0) is 23.3 Å². The predicted molar refractivity (Wildman–Crippen MR) is 115 cm³/mol. The Hall–Kier alpha value is -4.39. The molecule has 0 atom stereocenters. The topological polar surface area (TPSA) is 100 Å². The number of hydrogen-bond donors (Lipinski definition) is 1. The predicted octanol–water partition coefficient (Wildman–Crippen LogP) is 3.49. The van der Waals surface area contributed by atoms with Crippen molar-refractivity contribution < 1.29 is 14.3 Å². The van der Waals surface area contributed by atoms with Gasteiger partial charge in [0.1, 0.15) is 0 Å². The van der Waals surface area contributed by atoms with Gasteiger partial charge in [0.05, 0.1) is 11.4 Å². The smallest absolute Gasteiger partial charge is 0.323 e. The van der Waals surface area contributed by atoms with Crippen LogP contribution in [0.4, 0.5) is 16.2 Å². The molecule has 5 rings (SSSR count). The Labute approximate surface area is 172 Å². The molecule has 0 aliphatic carbocycles. The number of benzene rings is 3. The molecule has 0 saturated heterocycles. The summed E-state index contributed by atoms with van der Waals surface area (Å²) in [7, 11) is 0. The summed E-state index contributed by atoms with van der Waals surface area (Å²) in [6.07, 6.45) is 6.37. The van der Waals surface area contributed by atoms with Crippen molar-refractivity contribution >= 4 is 40.6 Å². The van der Waals surface area contributed by atoms with E-state index in [0.29, 0.717) is 20.5 Å². The molecule has 2 N–H and O–H groups in total. The van der Waals surface area contributed by atoms with E-state index in [1.165, 1.54) is 12.4 Å². The van der Waals surface area contributed by atoms with Crippen LogP contribution in [0.3, 0.4) is 0 Å². The van der Waals surface area contributed by atoms with Gasteiger partial charge in [-0.1, -0.05) is 60.7 Å². The van der Waals surface area contributed by atoms with Crippen molar-refractivity contribution in [1.82, 2.24) is 0 Å². The summed E-state index contributed by atoms with van der Waals surface area (Å²) in [5, 5.41) is 22.2. The van der Waals surface area contributed by atoms with Gasteiger partial charge in [0.15, 0.2) is 0 Å². The van der Waals surface area contributed by atoms with Crippen molar-refractivity contribution in [3.05, 3.63) is 107 Å². The first-order valence-electron chi connectivity index (χ1n) is 9.22. The number of nitrogens with zero attached hydrogens (tertiary/aromatic N) is 3. The summed E-state index contributed by atoms with van der Waals surface area (Å²) in [4.78, 5) is 13.3. The zero-order valence-corrected chi connectivity index (χ0v) is 15.9. The molecular formula is C23H18N4O3. The van der Waals surface area contributed by atoms with Gasteiger partial charge in [-0.25, -0.2) is 4.79 Å². The molecule has 0 spiro atoms. The molecule has 0 bridgehead atoms. The summed E-state index contributed by atoms with van der Waals surface area (Å²) in [6, 6.07) is 21.6. The SMILES string of the molecule is NC(=O)N1c2ccccc2C=Cc2ccccc21.[O-][n+]1cc[n+]([O-])c2ccccc21. The van der Waals surface area contributed by atoms with Gasteiger partial charge in [0.25, 0.3) is 11.0 Å². The first-order valence-corrected chi connectivity index (χ1v) is 9.22. The molecule has 148 valence electrons. The van der Waals surface area contributed by atoms with Crippen LogP contribution in [0.15, 0.2) is 85.2 Å². The van der Waals surface area contributed by atoms with Crippen molar-refractivity contribution in [3.63, 3.8) is 0 Å². The summed E-state index contributed by atoms with van der Waals surface area (Å²) < 4.78 is 1.34. The third-order valence-corrected chi connectivity index (χ3v) is 4.71. The van der Waals surface area contributed by atoms with Crippen molar-refractivity contribution in [2.75, 3.05) is 4.90 Å². The molecule has 0 saturated carbocycles. The second-order valence-corrected chi connectivity index (χ2v) is 6.56. The van der Waals surface area contributed by atoms with E-state index in [1.807, 2.05) is 60.7 Å². The number of urea groups is 1. The number of rotatable bonds is 0. The Kier molecular flexibility index (Phi) is 5.00. The van der Waals surface area contributed by atoms with Gasteiger partial charge in [-0.2, -0.15) is 9.46 Å². The van der Waals surface area contributed by atoms with Crippen LogP contribution in [0, 0.1) is 10.4 Å². The molecule has 30 heavy (non-hydrogen) atoms. The number of para-hydroxylation sites is 4. The van der Waals surface area contributed by atoms with Gasteiger partial charge in [-0.15, -0.1) is 0 Å². The summed E-state index contributed by atoms with van der Waals surface area (Å²) in [6.45, 7) is 0. The third kappa shape index (κ3) is 3.51. The number of nitrogens with two attached hydrogens (primary N) is 1. The Morgan fingerprint density at radius 3 is 1.53 bits per heavy atom. The second-order valence-electron chi connectivity index (χ2n) is 6.56. The Balaban J connectivity index is 0.000000158. The van der Waals surface area contributed by atoms with Gasteiger partial charge in [-0.3, -0.25) is 4.90 Å². The van der Waals surface area contributed by atoms with E-state index in [9.17, 15) is 15.2 Å². The number of anilines is 2. The fourth-order valence-electron chi connectivity index (χ4n) is 3.33. The molecule has 2 heterocycles. The molecule has 0 unspecified atom stereocenters. The van der Waals surface area contributed by atoms with E-state index in [4.69, 9.17) is 5.73 Å². The van der Waals surface area contributed by atoms with E-state index < -0.39 is 6.03 Å². The minimum atomic E-state index is -0.474. The maximum atomic E-state index is 11.8. The van der Waals surface area contributed by atoms with Crippen LogP contribution in [0.2, 0.25) is 0 Å². The van der Waals surface area contributed by atoms with Gasteiger partial charge >= 0.3 is 6.03 Å². The first kappa shape index (κ1) is 18.9. The molecule has 4 aromatic rings. The van der Waals surface area contributed by atoms with Crippen molar-refractivity contribution in [2.45, 2.75) is 0 Å². The van der Waals surface area contributed by atoms with E-state index >= 15 is 0 Å². The zero-order valence-electron chi connectivity index (χ0n) is 15.9. The van der Waals surface area contributed by atoms with Crippen LogP contribution >= 0.6 is 0 Å². The third-order valence-electron chi connectivity index (χ3n) is 4.71. The minimum absolute atomic E-state index is 0.384. The number of carbonyl (C=O) groups is 1. The maximum Gasteiger partial charge on any atom is 0.323 e. The van der Waals surface area contributed by atoms with Gasteiger partial charge in [0, 0.05) is 12.1 Å². The quantitative estimate of drug-likeness (QED) is 0.362. The molecule has 7 nitrogen and oxygen atoms in total. The molecule has 2 amide bonds. The monoisotopic (exact) mass is 398 g/mol. The summed E-state index contributed by atoms with van der Waals surface area (Å²) in [5.41, 5.74) is 9.87. The average molecular weight is 398 g/mol. The lowest BCUT2D eigenvalue weighted by atomic mass is 10.1. The molecule has 0 fully saturated rings. The minimum Gasteiger partial charge on any atom is -0.618 e. The molecule has 3 aromatic carbocycles. The lowest BCUT2D eigenvalue weighted by molar-refractivity contribution is -0.628. The average Bonchev–Trinajstić information content (AvgIpc) is 2.94. The molecule has 7 heteroatoms. The Bertz CT molecular complexity index is 1180. The van der Waals surface area contributed by atoms with E-state index in [2.05, 4.69) is 0 Å². The van der Waals surface area contributed by atoms with Crippen molar-refractivity contribution in [1.29, 1.82) is 0 Å². The number of aromatic nitrogens is 2. The highest BCUT2D eigenvalue weighted by Gasteiger charge is 2.21. The zero-order chi connectivity index (χ0) is 21.1. The maximum absolute atomic E-state index is 11.8. The largest absolute Gasteiger partial charge is 0.618 e. The highest BCUT2D eigenvalue weighted by molar-refractivity contribution is 6.04. The fourth-order valence-corrected chi connectivity index (χ4v) is 3.33. The Morgan fingerprint density at radius 2 is 1.10 bits per heavy atom. The van der Waals surface area contributed by atoms with Gasteiger partial charge < -0.3 is 16.1 Å². The number of hydrogen-bond acceptors (Lipinski definition) is 3.